The number of rotatable bonds is 3. The molecule has 0 radical (unpaired) electrons. The lowest BCUT2D eigenvalue weighted by Gasteiger charge is -2.20. The van der Waals surface area contributed by atoms with Crippen molar-refractivity contribution in [2.45, 2.75) is 4.90 Å². The summed E-state index contributed by atoms with van der Waals surface area (Å²) in [7, 11) is -3.51. The minimum atomic E-state index is -4.43. The summed E-state index contributed by atoms with van der Waals surface area (Å²) in [5, 5.41) is 0. The Morgan fingerprint density at radius 1 is 0.857 bits per heavy atom. The maximum atomic E-state index is 13.6. The van der Waals surface area contributed by atoms with Crippen LogP contribution in [0.2, 0.25) is 0 Å². The lowest BCUT2D eigenvalue weighted by Crippen LogP contribution is -2.28. The lowest BCUT2D eigenvalue weighted by molar-refractivity contribution is 0.504. The molecule has 0 N–H and O–H groups in total. The first-order chi connectivity index (χ1) is 9.75. The first-order valence-corrected chi connectivity index (χ1v) is 7.07. The maximum absolute atomic E-state index is 13.6. The smallest absolute Gasteiger partial charge is 0.263 e. The highest BCUT2D eigenvalue weighted by Crippen LogP contribution is 2.27. The molecule has 0 spiro atoms. The van der Waals surface area contributed by atoms with Gasteiger partial charge in [0.25, 0.3) is 10.0 Å². The highest BCUT2D eigenvalue weighted by Gasteiger charge is 2.27. The average molecular weight is 319 g/mol. The minimum Gasteiger partial charge on any atom is -0.263 e. The Hall–Kier alpha value is -2.09. The summed E-state index contributed by atoms with van der Waals surface area (Å²) in [6.45, 7) is 0. The molecule has 0 bridgehead atoms. The van der Waals surface area contributed by atoms with Gasteiger partial charge in [0.2, 0.25) is 0 Å². The Labute approximate surface area is 118 Å². The van der Waals surface area contributed by atoms with Crippen LogP contribution in [0.1, 0.15) is 0 Å². The van der Waals surface area contributed by atoms with E-state index in [-0.39, 0.29) is 0 Å². The second-order valence-corrected chi connectivity index (χ2v) is 6.09. The molecule has 0 unspecified atom stereocenters. The summed E-state index contributed by atoms with van der Waals surface area (Å²) < 4.78 is 77.9. The molecule has 3 nitrogen and oxygen atoms in total. The fourth-order valence-corrected chi connectivity index (χ4v) is 2.93. The highest BCUT2D eigenvalue weighted by molar-refractivity contribution is 7.92. The molecule has 0 aliphatic heterocycles. The van der Waals surface area contributed by atoms with Crippen LogP contribution in [0.25, 0.3) is 0 Å². The van der Waals surface area contributed by atoms with Gasteiger partial charge < -0.3 is 0 Å². The van der Waals surface area contributed by atoms with Crippen LogP contribution in [-0.4, -0.2) is 15.5 Å². The van der Waals surface area contributed by atoms with Crippen molar-refractivity contribution in [1.29, 1.82) is 0 Å². The zero-order valence-corrected chi connectivity index (χ0v) is 11.5. The molecule has 0 heterocycles. The number of para-hydroxylation sites is 1. The predicted octanol–water partition coefficient (Wildman–Crippen LogP) is 3.07. The number of nitrogens with zero attached hydrogens (tertiary/aromatic N) is 1. The Bertz CT molecular complexity index is 773. The van der Waals surface area contributed by atoms with Gasteiger partial charge in [-0.25, -0.2) is 26.0 Å². The van der Waals surface area contributed by atoms with Gasteiger partial charge in [-0.3, -0.25) is 4.31 Å². The molecular weight excluding hydrogens is 310 g/mol. The van der Waals surface area contributed by atoms with Crippen molar-refractivity contribution in [3.8, 4) is 0 Å². The third-order valence-corrected chi connectivity index (χ3v) is 4.56. The minimum absolute atomic E-state index is 0.338. The summed E-state index contributed by atoms with van der Waals surface area (Å²) >= 11 is 0. The fraction of sp³-hybridized carbons (Fsp3) is 0.0769. The molecule has 2 rings (SSSR count). The van der Waals surface area contributed by atoms with E-state index in [4.69, 9.17) is 0 Å². The molecule has 21 heavy (non-hydrogen) atoms. The lowest BCUT2D eigenvalue weighted by atomic mass is 10.3. The first-order valence-electron chi connectivity index (χ1n) is 5.63. The van der Waals surface area contributed by atoms with E-state index in [1.807, 2.05) is 0 Å². The van der Waals surface area contributed by atoms with Crippen LogP contribution in [0.5, 0.6) is 0 Å². The van der Waals surface area contributed by atoms with Crippen LogP contribution in [0.15, 0.2) is 41.3 Å². The Balaban J connectivity index is 2.55. The Kier molecular flexibility index (Phi) is 3.91. The third kappa shape index (κ3) is 2.71. The average Bonchev–Trinajstić information content (AvgIpc) is 2.41. The molecule has 0 saturated carbocycles. The van der Waals surface area contributed by atoms with Crippen molar-refractivity contribution in [2.24, 2.45) is 0 Å². The van der Waals surface area contributed by atoms with Crippen molar-refractivity contribution in [1.82, 2.24) is 0 Å². The van der Waals surface area contributed by atoms with Gasteiger partial charge in [-0.1, -0.05) is 6.07 Å². The molecule has 2 aromatic carbocycles. The molecule has 0 saturated heterocycles. The van der Waals surface area contributed by atoms with Crippen molar-refractivity contribution >= 4 is 15.7 Å². The van der Waals surface area contributed by atoms with Crippen molar-refractivity contribution in [3.63, 3.8) is 0 Å². The maximum Gasteiger partial charge on any atom is 0.264 e. The zero-order chi connectivity index (χ0) is 15.8. The van der Waals surface area contributed by atoms with E-state index in [2.05, 4.69) is 0 Å². The number of benzene rings is 2. The van der Waals surface area contributed by atoms with Crippen molar-refractivity contribution in [2.75, 3.05) is 11.4 Å². The number of hydrogen-bond acceptors (Lipinski definition) is 2. The van der Waals surface area contributed by atoms with Gasteiger partial charge in [0.05, 0.1) is 4.90 Å². The normalized spacial score (nSPS) is 11.5. The van der Waals surface area contributed by atoms with Gasteiger partial charge in [0, 0.05) is 7.05 Å². The largest absolute Gasteiger partial charge is 0.264 e. The SMILES string of the molecule is CN(c1c(F)cccc1F)S(=O)(=O)c1ccc(F)c(F)c1. The van der Waals surface area contributed by atoms with E-state index in [9.17, 15) is 26.0 Å². The van der Waals surface area contributed by atoms with Gasteiger partial charge in [-0.2, -0.15) is 0 Å². The van der Waals surface area contributed by atoms with E-state index in [1.165, 1.54) is 0 Å². The molecular formula is C13H9F4NO2S. The van der Waals surface area contributed by atoms with Crippen LogP contribution < -0.4 is 4.31 Å². The summed E-state index contributed by atoms with van der Waals surface area (Å²) in [5.74, 6) is -4.79. The van der Waals surface area contributed by atoms with Gasteiger partial charge >= 0.3 is 0 Å². The number of sulfonamides is 1. The van der Waals surface area contributed by atoms with Gasteiger partial charge in [0.15, 0.2) is 23.3 Å². The standard InChI is InChI=1S/C13H9F4NO2S/c1-18(13-10(15)3-2-4-11(13)16)21(19,20)8-5-6-9(14)12(17)7-8/h2-7H,1H3. The van der Waals surface area contributed by atoms with Gasteiger partial charge in [-0.05, 0) is 30.3 Å². The molecule has 0 aromatic heterocycles. The second kappa shape index (κ2) is 5.36. The van der Waals surface area contributed by atoms with E-state index >= 15 is 0 Å². The van der Waals surface area contributed by atoms with Crippen LogP contribution in [-0.2, 0) is 10.0 Å². The summed E-state index contributed by atoms with van der Waals surface area (Å²) in [4.78, 5) is -0.619. The quantitative estimate of drug-likeness (QED) is 0.816. The topological polar surface area (TPSA) is 37.4 Å². The molecule has 2 aromatic rings. The van der Waals surface area contributed by atoms with Crippen LogP contribution in [0.3, 0.4) is 0 Å². The van der Waals surface area contributed by atoms with Crippen LogP contribution in [0, 0.1) is 23.3 Å². The van der Waals surface area contributed by atoms with Crippen molar-refractivity contribution in [3.05, 3.63) is 59.7 Å². The number of halogens is 4. The van der Waals surface area contributed by atoms with Crippen molar-refractivity contribution < 1.29 is 26.0 Å². The summed E-state index contributed by atoms with van der Waals surface area (Å²) in [5.41, 5.74) is -0.803. The molecule has 112 valence electrons. The Morgan fingerprint density at radius 2 is 1.43 bits per heavy atom. The molecule has 0 atom stereocenters. The fourth-order valence-electron chi connectivity index (χ4n) is 1.71. The highest BCUT2D eigenvalue weighted by atomic mass is 32.2. The first kappa shape index (κ1) is 15.3. The second-order valence-electron chi connectivity index (χ2n) is 4.12. The van der Waals surface area contributed by atoms with E-state index in [0.717, 1.165) is 31.3 Å². The number of hydrogen-bond donors (Lipinski definition) is 0. The van der Waals surface area contributed by atoms with E-state index < -0.39 is 43.9 Å². The van der Waals surface area contributed by atoms with Crippen LogP contribution in [0.4, 0.5) is 23.2 Å². The predicted molar refractivity (Wildman–Crippen MR) is 68.3 cm³/mol. The molecule has 8 heteroatoms. The van der Waals surface area contributed by atoms with Gasteiger partial charge in [-0.15, -0.1) is 0 Å². The zero-order valence-electron chi connectivity index (χ0n) is 10.6. The summed E-state index contributed by atoms with van der Waals surface area (Å²) in [6, 6.07) is 4.72. The van der Waals surface area contributed by atoms with E-state index in [1.54, 1.807) is 0 Å². The third-order valence-electron chi connectivity index (χ3n) is 2.80. The Morgan fingerprint density at radius 3 is 1.95 bits per heavy atom. The van der Waals surface area contributed by atoms with Gasteiger partial charge in [0.1, 0.15) is 5.69 Å². The number of anilines is 1. The molecule has 0 amide bonds. The monoisotopic (exact) mass is 319 g/mol. The van der Waals surface area contributed by atoms with Crippen LogP contribution >= 0.6 is 0 Å². The molecule has 0 aliphatic rings. The summed E-state index contributed by atoms with van der Waals surface area (Å²) in [6.07, 6.45) is 0. The molecule has 0 aliphatic carbocycles. The van der Waals surface area contributed by atoms with E-state index in [0.29, 0.717) is 16.4 Å². The molecule has 0 fully saturated rings.